The van der Waals surface area contributed by atoms with E-state index in [2.05, 4.69) is 9.97 Å². The van der Waals surface area contributed by atoms with Crippen molar-refractivity contribution < 1.29 is 9.66 Å². The highest BCUT2D eigenvalue weighted by Gasteiger charge is 2.08. The predicted octanol–water partition coefficient (Wildman–Crippen LogP) is 5.09. The lowest BCUT2D eigenvalue weighted by Gasteiger charge is -2.09. The van der Waals surface area contributed by atoms with Crippen LogP contribution >= 0.6 is 11.8 Å². The van der Waals surface area contributed by atoms with Crippen LogP contribution in [0.1, 0.15) is 16.8 Å². The predicted molar refractivity (Wildman–Crippen MR) is 101 cm³/mol. The first-order chi connectivity index (χ1) is 12.5. The van der Waals surface area contributed by atoms with Gasteiger partial charge in [0.1, 0.15) is 5.75 Å². The van der Waals surface area contributed by atoms with E-state index in [1.165, 1.54) is 23.9 Å². The van der Waals surface area contributed by atoms with Crippen molar-refractivity contribution in [3.8, 4) is 11.6 Å². The van der Waals surface area contributed by atoms with Crippen LogP contribution in [0.4, 0.5) is 5.69 Å². The molecule has 0 aliphatic carbocycles. The highest BCUT2D eigenvalue weighted by atomic mass is 32.2. The molecule has 0 saturated heterocycles. The molecule has 3 aromatic rings. The molecule has 132 valence electrons. The van der Waals surface area contributed by atoms with Crippen LogP contribution in [-0.4, -0.2) is 14.9 Å². The molecule has 3 rings (SSSR count). The maximum atomic E-state index is 10.7. The molecule has 26 heavy (non-hydrogen) atoms. The molecule has 0 spiro atoms. The maximum Gasteiger partial charge on any atom is 0.269 e. The molecule has 0 bridgehead atoms. The van der Waals surface area contributed by atoms with Gasteiger partial charge in [-0.05, 0) is 31.0 Å². The van der Waals surface area contributed by atoms with Crippen molar-refractivity contribution >= 4 is 17.4 Å². The van der Waals surface area contributed by atoms with Crippen molar-refractivity contribution in [2.24, 2.45) is 0 Å². The van der Waals surface area contributed by atoms with E-state index in [4.69, 9.17) is 4.74 Å². The van der Waals surface area contributed by atoms with Gasteiger partial charge in [-0.25, -0.2) is 4.98 Å². The highest BCUT2D eigenvalue weighted by molar-refractivity contribution is 7.98. The fourth-order valence-electron chi connectivity index (χ4n) is 2.28. The summed E-state index contributed by atoms with van der Waals surface area (Å²) in [7, 11) is 0. The van der Waals surface area contributed by atoms with E-state index >= 15 is 0 Å². The SMILES string of the molecule is Cc1cc(Oc2ccccc2C)nc(SCc2ccc([N+](=O)[O-])cc2)n1. The third kappa shape index (κ3) is 4.58. The van der Waals surface area contributed by atoms with Gasteiger partial charge in [0, 0.05) is 29.6 Å². The molecule has 0 N–H and O–H groups in total. The molecule has 1 heterocycles. The second-order valence-electron chi connectivity index (χ2n) is 5.71. The number of nitro benzene ring substituents is 1. The van der Waals surface area contributed by atoms with Crippen molar-refractivity contribution in [3.05, 3.63) is 81.5 Å². The molecule has 1 aromatic heterocycles. The fourth-order valence-corrected chi connectivity index (χ4v) is 3.13. The van der Waals surface area contributed by atoms with Crippen molar-refractivity contribution in [1.29, 1.82) is 0 Å². The molecule has 6 nitrogen and oxygen atoms in total. The first-order valence-electron chi connectivity index (χ1n) is 7.96. The van der Waals surface area contributed by atoms with Gasteiger partial charge in [-0.1, -0.05) is 42.1 Å². The summed E-state index contributed by atoms with van der Waals surface area (Å²) in [5.74, 6) is 1.88. The number of benzene rings is 2. The summed E-state index contributed by atoms with van der Waals surface area (Å²) < 4.78 is 5.89. The van der Waals surface area contributed by atoms with E-state index in [0.717, 1.165) is 22.6 Å². The molecule has 0 aliphatic heterocycles. The number of nitrogens with zero attached hydrogens (tertiary/aromatic N) is 3. The second-order valence-corrected chi connectivity index (χ2v) is 6.65. The van der Waals surface area contributed by atoms with Crippen LogP contribution in [0.3, 0.4) is 0 Å². The van der Waals surface area contributed by atoms with Gasteiger partial charge in [-0.2, -0.15) is 4.98 Å². The minimum Gasteiger partial charge on any atom is -0.439 e. The van der Waals surface area contributed by atoms with E-state index in [1.807, 2.05) is 38.1 Å². The Morgan fingerprint density at radius 3 is 2.50 bits per heavy atom. The number of aromatic nitrogens is 2. The van der Waals surface area contributed by atoms with E-state index in [0.29, 0.717) is 16.8 Å². The minimum atomic E-state index is -0.407. The molecule has 0 fully saturated rings. The summed E-state index contributed by atoms with van der Waals surface area (Å²) in [5, 5.41) is 11.3. The number of thioether (sulfide) groups is 1. The Bertz CT molecular complexity index is 930. The quantitative estimate of drug-likeness (QED) is 0.261. The van der Waals surface area contributed by atoms with Crippen LogP contribution in [-0.2, 0) is 5.75 Å². The Morgan fingerprint density at radius 1 is 1.08 bits per heavy atom. The van der Waals surface area contributed by atoms with Gasteiger partial charge in [0.15, 0.2) is 5.16 Å². The lowest BCUT2D eigenvalue weighted by atomic mass is 10.2. The van der Waals surface area contributed by atoms with Crippen LogP contribution in [0.5, 0.6) is 11.6 Å². The Kier molecular flexibility index (Phi) is 5.48. The summed E-state index contributed by atoms with van der Waals surface area (Å²) in [4.78, 5) is 19.2. The van der Waals surface area contributed by atoms with E-state index in [-0.39, 0.29) is 5.69 Å². The molecular formula is C19H17N3O3S. The van der Waals surface area contributed by atoms with Crippen molar-refractivity contribution in [2.45, 2.75) is 24.8 Å². The van der Waals surface area contributed by atoms with Crippen LogP contribution in [0, 0.1) is 24.0 Å². The van der Waals surface area contributed by atoms with E-state index in [1.54, 1.807) is 18.2 Å². The van der Waals surface area contributed by atoms with Gasteiger partial charge in [-0.15, -0.1) is 0 Å². The molecule has 0 unspecified atom stereocenters. The monoisotopic (exact) mass is 367 g/mol. The third-order valence-corrected chi connectivity index (χ3v) is 4.55. The number of aryl methyl sites for hydroxylation is 2. The van der Waals surface area contributed by atoms with Gasteiger partial charge in [-0.3, -0.25) is 10.1 Å². The molecule has 0 radical (unpaired) electrons. The molecule has 7 heteroatoms. The first-order valence-corrected chi connectivity index (χ1v) is 8.95. The van der Waals surface area contributed by atoms with Crippen LogP contribution < -0.4 is 4.74 Å². The number of rotatable bonds is 6. The second kappa shape index (κ2) is 7.97. The average Bonchev–Trinajstić information content (AvgIpc) is 2.62. The van der Waals surface area contributed by atoms with Crippen molar-refractivity contribution in [3.63, 3.8) is 0 Å². The lowest BCUT2D eigenvalue weighted by molar-refractivity contribution is -0.384. The number of non-ortho nitro benzene ring substituents is 1. The van der Waals surface area contributed by atoms with E-state index < -0.39 is 4.92 Å². The zero-order valence-corrected chi connectivity index (χ0v) is 15.2. The Labute approximate surface area is 155 Å². The number of nitro groups is 1. The van der Waals surface area contributed by atoms with Crippen LogP contribution in [0.2, 0.25) is 0 Å². The molecule has 0 saturated carbocycles. The summed E-state index contributed by atoms with van der Waals surface area (Å²) in [5.41, 5.74) is 2.89. The molecule has 0 amide bonds. The number of ether oxygens (including phenoxy) is 1. The summed E-state index contributed by atoms with van der Waals surface area (Å²) >= 11 is 1.46. The molecule has 0 atom stereocenters. The van der Waals surface area contributed by atoms with Gasteiger partial charge >= 0.3 is 0 Å². The smallest absolute Gasteiger partial charge is 0.269 e. The highest BCUT2D eigenvalue weighted by Crippen LogP contribution is 2.27. The fraction of sp³-hybridized carbons (Fsp3) is 0.158. The average molecular weight is 367 g/mol. The summed E-state index contributed by atoms with van der Waals surface area (Å²) in [6.07, 6.45) is 0. The van der Waals surface area contributed by atoms with Gasteiger partial charge in [0.25, 0.3) is 5.69 Å². The first kappa shape index (κ1) is 17.9. The number of hydrogen-bond acceptors (Lipinski definition) is 6. The van der Waals surface area contributed by atoms with Crippen LogP contribution in [0.15, 0.2) is 59.8 Å². The Morgan fingerprint density at radius 2 is 1.81 bits per heavy atom. The standard InChI is InChI=1S/C19H17N3O3S/c1-13-5-3-4-6-17(13)25-18-11-14(2)20-19(21-18)26-12-15-7-9-16(10-8-15)22(23)24/h3-11H,12H2,1-2H3. The Hall–Kier alpha value is -2.93. The zero-order chi connectivity index (χ0) is 18.5. The lowest BCUT2D eigenvalue weighted by Crippen LogP contribution is -1.96. The van der Waals surface area contributed by atoms with Gasteiger partial charge in [0.2, 0.25) is 5.88 Å². The Balaban J connectivity index is 1.71. The zero-order valence-electron chi connectivity index (χ0n) is 14.4. The van der Waals surface area contributed by atoms with Gasteiger partial charge in [0.05, 0.1) is 4.92 Å². The molecule has 0 aliphatic rings. The topological polar surface area (TPSA) is 78.2 Å². The molecular weight excluding hydrogens is 350 g/mol. The number of para-hydroxylation sites is 1. The largest absolute Gasteiger partial charge is 0.439 e. The van der Waals surface area contributed by atoms with Crippen LogP contribution in [0.25, 0.3) is 0 Å². The maximum absolute atomic E-state index is 10.7. The molecule has 2 aromatic carbocycles. The third-order valence-electron chi connectivity index (χ3n) is 3.63. The van der Waals surface area contributed by atoms with Gasteiger partial charge < -0.3 is 4.74 Å². The minimum absolute atomic E-state index is 0.0828. The summed E-state index contributed by atoms with van der Waals surface area (Å²) in [6, 6.07) is 16.0. The summed E-state index contributed by atoms with van der Waals surface area (Å²) in [6.45, 7) is 3.87. The van der Waals surface area contributed by atoms with Crippen molar-refractivity contribution in [1.82, 2.24) is 9.97 Å². The van der Waals surface area contributed by atoms with Crippen molar-refractivity contribution in [2.75, 3.05) is 0 Å². The number of hydrogen-bond donors (Lipinski definition) is 0. The normalized spacial score (nSPS) is 10.5. The van der Waals surface area contributed by atoms with E-state index in [9.17, 15) is 10.1 Å².